The molecular formula is C17H34N4O2. The van der Waals surface area contributed by atoms with Crippen molar-refractivity contribution in [2.75, 3.05) is 6.61 Å². The van der Waals surface area contributed by atoms with E-state index in [1.807, 2.05) is 10.9 Å². The third-order valence-corrected chi connectivity index (χ3v) is 4.32. The lowest BCUT2D eigenvalue weighted by atomic mass is 10.0. The average Bonchev–Trinajstić information content (AvgIpc) is 2.98. The van der Waals surface area contributed by atoms with Crippen LogP contribution in [-0.2, 0) is 13.0 Å². The Balaban J connectivity index is 2.11. The second-order valence-corrected chi connectivity index (χ2v) is 6.42. The Bertz CT molecular complexity index is 396. The van der Waals surface area contributed by atoms with Crippen molar-refractivity contribution in [3.05, 3.63) is 11.9 Å². The Morgan fingerprint density at radius 3 is 2.39 bits per heavy atom. The Morgan fingerprint density at radius 2 is 1.78 bits per heavy atom. The maximum absolute atomic E-state index is 9.31. The van der Waals surface area contributed by atoms with Crippen molar-refractivity contribution >= 4 is 0 Å². The second-order valence-electron chi connectivity index (χ2n) is 6.42. The minimum Gasteiger partial charge on any atom is -0.396 e. The maximum Gasteiger partial charge on any atom is 0.107 e. The molecule has 4 N–H and O–H groups in total. The highest BCUT2D eigenvalue weighted by Crippen LogP contribution is 2.11. The number of hydrogen-bond donors (Lipinski definition) is 3. The molecule has 0 saturated carbocycles. The molecule has 2 atom stereocenters. The van der Waals surface area contributed by atoms with Crippen LogP contribution in [0.3, 0.4) is 0 Å². The minimum atomic E-state index is -0.979. The smallest absolute Gasteiger partial charge is 0.107 e. The summed E-state index contributed by atoms with van der Waals surface area (Å²) in [7, 11) is 0. The van der Waals surface area contributed by atoms with Crippen molar-refractivity contribution in [1.82, 2.24) is 15.0 Å². The number of aromatic nitrogens is 3. The van der Waals surface area contributed by atoms with Crippen molar-refractivity contribution in [2.45, 2.75) is 83.9 Å². The minimum absolute atomic E-state index is 0.107. The van der Waals surface area contributed by atoms with Gasteiger partial charge in [-0.25, -0.2) is 0 Å². The van der Waals surface area contributed by atoms with Gasteiger partial charge in [-0.05, 0) is 19.3 Å². The Labute approximate surface area is 140 Å². The fourth-order valence-corrected chi connectivity index (χ4v) is 2.67. The number of unbranched alkanes of at least 4 members (excludes halogenated alkanes) is 7. The quantitative estimate of drug-likeness (QED) is 0.360. The summed E-state index contributed by atoms with van der Waals surface area (Å²) in [6.45, 7) is 3.05. The molecular weight excluding hydrogens is 292 g/mol. The van der Waals surface area contributed by atoms with Crippen LogP contribution in [0.25, 0.3) is 0 Å². The van der Waals surface area contributed by atoms with Gasteiger partial charge in [-0.1, -0.05) is 57.1 Å². The molecule has 1 aromatic rings. The second kappa shape index (κ2) is 12.4. The van der Waals surface area contributed by atoms with E-state index in [9.17, 15) is 5.11 Å². The molecule has 0 aliphatic rings. The first-order chi connectivity index (χ1) is 11.2. The fourth-order valence-electron chi connectivity index (χ4n) is 2.67. The van der Waals surface area contributed by atoms with Crippen molar-refractivity contribution in [2.24, 2.45) is 11.7 Å². The molecule has 6 heteroatoms. The molecule has 0 saturated heterocycles. The molecule has 23 heavy (non-hydrogen) atoms. The van der Waals surface area contributed by atoms with E-state index in [-0.39, 0.29) is 12.5 Å². The number of aliphatic hydroxyl groups is 2. The first kappa shape index (κ1) is 20.1. The zero-order valence-corrected chi connectivity index (χ0v) is 14.5. The number of aliphatic hydroxyl groups excluding tert-OH is 2. The van der Waals surface area contributed by atoms with E-state index in [0.717, 1.165) is 18.7 Å². The van der Waals surface area contributed by atoms with Gasteiger partial charge in [-0.3, -0.25) is 4.68 Å². The predicted molar refractivity (Wildman–Crippen MR) is 91.7 cm³/mol. The van der Waals surface area contributed by atoms with Gasteiger partial charge in [0.1, 0.15) is 6.23 Å². The van der Waals surface area contributed by atoms with Crippen molar-refractivity contribution in [1.29, 1.82) is 0 Å². The molecule has 0 bridgehead atoms. The van der Waals surface area contributed by atoms with E-state index in [4.69, 9.17) is 10.8 Å². The van der Waals surface area contributed by atoms with Crippen LogP contribution in [0.4, 0.5) is 0 Å². The van der Waals surface area contributed by atoms with Crippen molar-refractivity contribution < 1.29 is 10.2 Å². The number of rotatable bonds is 14. The lowest BCUT2D eigenvalue weighted by Gasteiger charge is -2.15. The van der Waals surface area contributed by atoms with Gasteiger partial charge < -0.3 is 15.9 Å². The van der Waals surface area contributed by atoms with Gasteiger partial charge in [0, 0.05) is 25.3 Å². The molecule has 1 rings (SSSR count). The molecule has 0 radical (unpaired) electrons. The van der Waals surface area contributed by atoms with Gasteiger partial charge in [-0.15, -0.1) is 5.10 Å². The predicted octanol–water partition coefficient (Wildman–Crippen LogP) is 2.24. The van der Waals surface area contributed by atoms with Crippen LogP contribution in [0.2, 0.25) is 0 Å². The highest BCUT2D eigenvalue weighted by atomic mass is 16.3. The highest BCUT2D eigenvalue weighted by Gasteiger charge is 2.15. The largest absolute Gasteiger partial charge is 0.396 e. The zero-order valence-electron chi connectivity index (χ0n) is 14.5. The molecule has 1 aromatic heterocycles. The van der Waals surface area contributed by atoms with Crippen LogP contribution < -0.4 is 5.73 Å². The molecule has 134 valence electrons. The van der Waals surface area contributed by atoms with E-state index in [2.05, 4.69) is 17.2 Å². The summed E-state index contributed by atoms with van der Waals surface area (Å²) in [5, 5.41) is 26.7. The van der Waals surface area contributed by atoms with E-state index in [1.165, 1.54) is 44.9 Å². The summed E-state index contributed by atoms with van der Waals surface area (Å²) in [6.07, 6.45) is 12.7. The third-order valence-electron chi connectivity index (χ3n) is 4.32. The topological polar surface area (TPSA) is 97.2 Å². The lowest BCUT2D eigenvalue weighted by Crippen LogP contribution is -2.32. The van der Waals surface area contributed by atoms with Gasteiger partial charge >= 0.3 is 0 Å². The van der Waals surface area contributed by atoms with Gasteiger partial charge in [0.05, 0.1) is 5.69 Å². The standard InChI is InChI=1S/C17H34N4O2/c1-2-3-4-5-6-7-8-9-12-21-13-16(19-20-21)11-10-15(14-22)17(18)23/h13,15,17,22-23H,2-12,14,18H2,1H3. The van der Waals surface area contributed by atoms with Crippen molar-refractivity contribution in [3.8, 4) is 0 Å². The number of nitrogens with zero attached hydrogens (tertiary/aromatic N) is 3. The number of aryl methyl sites for hydroxylation is 2. The average molecular weight is 326 g/mol. The fraction of sp³-hybridized carbons (Fsp3) is 0.882. The van der Waals surface area contributed by atoms with Gasteiger partial charge in [0.15, 0.2) is 0 Å². The summed E-state index contributed by atoms with van der Waals surface area (Å²) >= 11 is 0. The number of nitrogens with two attached hydrogens (primary N) is 1. The van der Waals surface area contributed by atoms with Crippen LogP contribution in [0.5, 0.6) is 0 Å². The normalized spacial score (nSPS) is 14.1. The van der Waals surface area contributed by atoms with Gasteiger partial charge in [0.25, 0.3) is 0 Å². The summed E-state index contributed by atoms with van der Waals surface area (Å²) in [5.41, 5.74) is 6.30. The summed E-state index contributed by atoms with van der Waals surface area (Å²) in [6, 6.07) is 0. The van der Waals surface area contributed by atoms with E-state index < -0.39 is 6.23 Å². The lowest BCUT2D eigenvalue weighted by molar-refractivity contribution is 0.0673. The van der Waals surface area contributed by atoms with Crippen LogP contribution >= 0.6 is 0 Å². The molecule has 1 heterocycles. The van der Waals surface area contributed by atoms with Gasteiger partial charge in [0.2, 0.25) is 0 Å². The SMILES string of the molecule is CCCCCCCCCCn1cc(CCC(CO)C(N)O)nn1. The highest BCUT2D eigenvalue weighted by molar-refractivity contribution is 4.93. The van der Waals surface area contributed by atoms with Crippen LogP contribution in [0.1, 0.15) is 70.4 Å². The Kier molecular flexibility index (Phi) is 10.9. The molecule has 0 aliphatic carbocycles. The monoisotopic (exact) mass is 326 g/mol. The summed E-state index contributed by atoms with van der Waals surface area (Å²) < 4.78 is 1.89. The molecule has 0 aliphatic heterocycles. The summed E-state index contributed by atoms with van der Waals surface area (Å²) in [5.74, 6) is -0.298. The maximum atomic E-state index is 9.31. The first-order valence-electron chi connectivity index (χ1n) is 9.10. The third kappa shape index (κ3) is 9.03. The van der Waals surface area contributed by atoms with Crippen LogP contribution in [0.15, 0.2) is 6.20 Å². The number of hydrogen-bond acceptors (Lipinski definition) is 5. The van der Waals surface area contributed by atoms with E-state index in [1.54, 1.807) is 0 Å². The molecule has 6 nitrogen and oxygen atoms in total. The van der Waals surface area contributed by atoms with Crippen molar-refractivity contribution in [3.63, 3.8) is 0 Å². The molecule has 0 spiro atoms. The van der Waals surface area contributed by atoms with E-state index in [0.29, 0.717) is 12.8 Å². The Morgan fingerprint density at radius 1 is 1.13 bits per heavy atom. The Hall–Kier alpha value is -0.980. The molecule has 0 fully saturated rings. The van der Waals surface area contributed by atoms with Gasteiger partial charge in [-0.2, -0.15) is 0 Å². The zero-order chi connectivity index (χ0) is 16.9. The molecule has 2 unspecified atom stereocenters. The first-order valence-corrected chi connectivity index (χ1v) is 9.10. The van der Waals surface area contributed by atoms with Crippen LogP contribution in [-0.4, -0.2) is 38.0 Å². The summed E-state index contributed by atoms with van der Waals surface area (Å²) in [4.78, 5) is 0. The molecule has 0 aromatic carbocycles. The van der Waals surface area contributed by atoms with Crippen LogP contribution in [0, 0.1) is 5.92 Å². The van der Waals surface area contributed by atoms with E-state index >= 15 is 0 Å². The molecule has 0 amide bonds.